The normalized spacial score (nSPS) is 14.0. The molecule has 34 heavy (non-hydrogen) atoms. The molecule has 0 atom stereocenters. The Labute approximate surface area is 192 Å². The number of aromatic nitrogens is 2. The number of hydrogen-bond donors (Lipinski definition) is 0. The van der Waals surface area contributed by atoms with E-state index in [-0.39, 0.29) is 22.4 Å². The van der Waals surface area contributed by atoms with E-state index in [1.54, 1.807) is 18.2 Å². The highest BCUT2D eigenvalue weighted by Gasteiger charge is 2.49. The minimum Gasteiger partial charge on any atom is -0.497 e. The minimum atomic E-state index is -6.02. The first-order valence-corrected chi connectivity index (χ1v) is 11.3. The van der Waals surface area contributed by atoms with Crippen molar-refractivity contribution in [1.82, 2.24) is 9.97 Å². The van der Waals surface area contributed by atoms with E-state index in [1.165, 1.54) is 37.3 Å². The lowest BCUT2D eigenvalue weighted by Gasteiger charge is -2.31. The Morgan fingerprint density at radius 2 is 1.82 bits per heavy atom. The molecule has 2 heterocycles. The van der Waals surface area contributed by atoms with Crippen molar-refractivity contribution in [2.75, 3.05) is 25.7 Å². The molecule has 180 valence electrons. The first-order valence-electron chi connectivity index (χ1n) is 9.89. The molecule has 3 aromatic rings. The number of carbonyl (C=O) groups is 1. The molecule has 0 spiro atoms. The standard InChI is InChI=1S/C21H18F3N3O6S/c1-31-14-6-8-17-12(10-14)4-3-9-27(17)18-19(33-34(29,30)21(22,23)24)26-15-7-5-13(20(28)32-2)11-16(15)25-18/h5-8,10-11H,3-4,9H2,1-2H3. The predicted octanol–water partition coefficient (Wildman–Crippen LogP) is 3.74. The van der Waals surface area contributed by atoms with Gasteiger partial charge in [-0.05, 0) is 54.8 Å². The Bertz CT molecular complexity index is 1380. The van der Waals surface area contributed by atoms with Gasteiger partial charge in [-0.1, -0.05) is 0 Å². The van der Waals surface area contributed by atoms with Gasteiger partial charge < -0.3 is 18.6 Å². The van der Waals surface area contributed by atoms with Gasteiger partial charge in [0.2, 0.25) is 0 Å². The van der Waals surface area contributed by atoms with Crippen LogP contribution in [0.5, 0.6) is 11.6 Å². The van der Waals surface area contributed by atoms with Crippen LogP contribution in [-0.2, 0) is 21.3 Å². The van der Waals surface area contributed by atoms with Crippen molar-refractivity contribution in [3.05, 3.63) is 47.5 Å². The zero-order valence-corrected chi connectivity index (χ0v) is 18.7. The molecule has 1 aliphatic heterocycles. The van der Waals surface area contributed by atoms with Crippen molar-refractivity contribution in [1.29, 1.82) is 0 Å². The quantitative estimate of drug-likeness (QED) is 0.296. The van der Waals surface area contributed by atoms with Gasteiger partial charge in [0, 0.05) is 12.2 Å². The van der Waals surface area contributed by atoms with Crippen LogP contribution in [0.4, 0.5) is 24.7 Å². The number of halogens is 3. The van der Waals surface area contributed by atoms with Gasteiger partial charge in [0.1, 0.15) is 5.75 Å². The molecule has 2 aromatic carbocycles. The topological polar surface area (TPSA) is 108 Å². The fraction of sp³-hybridized carbons (Fsp3) is 0.286. The number of fused-ring (bicyclic) bond motifs is 2. The molecule has 0 N–H and O–H groups in total. The van der Waals surface area contributed by atoms with E-state index in [2.05, 4.69) is 18.9 Å². The van der Waals surface area contributed by atoms with Gasteiger partial charge in [-0.3, -0.25) is 0 Å². The Morgan fingerprint density at radius 1 is 1.06 bits per heavy atom. The average Bonchev–Trinajstić information content (AvgIpc) is 2.81. The molecule has 0 saturated carbocycles. The van der Waals surface area contributed by atoms with Crippen LogP contribution in [0.25, 0.3) is 11.0 Å². The van der Waals surface area contributed by atoms with E-state index < -0.39 is 27.5 Å². The lowest BCUT2D eigenvalue weighted by Crippen LogP contribution is -2.31. The number of aryl methyl sites for hydroxylation is 1. The van der Waals surface area contributed by atoms with Crippen molar-refractivity contribution in [2.24, 2.45) is 0 Å². The molecule has 1 aliphatic rings. The summed E-state index contributed by atoms with van der Waals surface area (Å²) in [6, 6.07) is 9.10. The van der Waals surface area contributed by atoms with Crippen LogP contribution in [0.3, 0.4) is 0 Å². The van der Waals surface area contributed by atoms with Gasteiger partial charge in [0.15, 0.2) is 5.82 Å². The molecule has 9 nitrogen and oxygen atoms in total. The van der Waals surface area contributed by atoms with Crippen LogP contribution in [0.1, 0.15) is 22.3 Å². The molecule has 0 aliphatic carbocycles. The SMILES string of the molecule is COC(=O)c1ccc2nc(OS(=O)(=O)C(F)(F)F)c(N3CCCc4cc(OC)ccc43)nc2c1. The predicted molar refractivity (Wildman–Crippen MR) is 115 cm³/mol. The third-order valence-corrected chi connectivity index (χ3v) is 6.11. The van der Waals surface area contributed by atoms with Crippen LogP contribution in [0.15, 0.2) is 36.4 Å². The fourth-order valence-corrected chi connectivity index (χ4v) is 3.99. The number of esters is 1. The van der Waals surface area contributed by atoms with Crippen molar-refractivity contribution in [3.8, 4) is 11.6 Å². The van der Waals surface area contributed by atoms with E-state index in [9.17, 15) is 26.4 Å². The summed E-state index contributed by atoms with van der Waals surface area (Å²) in [5, 5.41) is 0. The number of methoxy groups -OCH3 is 2. The van der Waals surface area contributed by atoms with Gasteiger partial charge in [-0.25, -0.2) is 14.8 Å². The summed E-state index contributed by atoms with van der Waals surface area (Å²) >= 11 is 0. The van der Waals surface area contributed by atoms with Gasteiger partial charge in [-0.15, -0.1) is 0 Å². The van der Waals surface area contributed by atoms with Crippen molar-refractivity contribution < 1.29 is 40.0 Å². The third-order valence-electron chi connectivity index (χ3n) is 5.17. The van der Waals surface area contributed by atoms with Crippen molar-refractivity contribution >= 4 is 38.6 Å². The first kappa shape index (κ1) is 23.5. The lowest BCUT2D eigenvalue weighted by atomic mass is 10.0. The summed E-state index contributed by atoms with van der Waals surface area (Å²) in [5.74, 6) is -1.14. The van der Waals surface area contributed by atoms with E-state index in [4.69, 9.17) is 4.74 Å². The maximum absolute atomic E-state index is 13.1. The summed E-state index contributed by atoms with van der Waals surface area (Å²) in [5.41, 5.74) is -3.97. The second kappa shape index (κ2) is 8.63. The molecule has 0 unspecified atom stereocenters. The summed E-state index contributed by atoms with van der Waals surface area (Å²) in [6.07, 6.45) is 1.25. The minimum absolute atomic E-state index is 0.0238. The average molecular weight is 497 g/mol. The Kier molecular flexibility index (Phi) is 5.98. The molecule has 0 amide bonds. The summed E-state index contributed by atoms with van der Waals surface area (Å²) in [7, 11) is -3.32. The highest BCUT2D eigenvalue weighted by Crippen LogP contribution is 2.40. The number of rotatable bonds is 5. The third kappa shape index (κ3) is 4.30. The van der Waals surface area contributed by atoms with Crippen LogP contribution in [-0.4, -0.2) is 50.6 Å². The van der Waals surface area contributed by atoms with E-state index in [0.717, 1.165) is 5.56 Å². The zero-order valence-electron chi connectivity index (χ0n) is 17.9. The fourth-order valence-electron chi connectivity index (χ4n) is 3.58. The molecule has 4 rings (SSSR count). The number of ether oxygens (including phenoxy) is 2. The van der Waals surface area contributed by atoms with Gasteiger partial charge in [-0.2, -0.15) is 21.6 Å². The zero-order chi connectivity index (χ0) is 24.7. The molecule has 13 heteroatoms. The van der Waals surface area contributed by atoms with E-state index in [1.807, 2.05) is 0 Å². The van der Waals surface area contributed by atoms with Crippen LogP contribution < -0.4 is 13.8 Å². The largest absolute Gasteiger partial charge is 0.534 e. The van der Waals surface area contributed by atoms with Crippen LogP contribution in [0, 0.1) is 0 Å². The highest BCUT2D eigenvalue weighted by molar-refractivity contribution is 7.88. The van der Waals surface area contributed by atoms with E-state index in [0.29, 0.717) is 30.8 Å². The Hall–Kier alpha value is -3.61. The number of anilines is 2. The van der Waals surface area contributed by atoms with Crippen molar-refractivity contribution in [3.63, 3.8) is 0 Å². The van der Waals surface area contributed by atoms with Crippen LogP contribution in [0.2, 0.25) is 0 Å². The second-order valence-electron chi connectivity index (χ2n) is 7.28. The van der Waals surface area contributed by atoms with E-state index >= 15 is 0 Å². The smallest absolute Gasteiger partial charge is 0.497 e. The molecule has 0 fully saturated rings. The maximum Gasteiger partial charge on any atom is 0.534 e. The number of hydrogen-bond acceptors (Lipinski definition) is 9. The van der Waals surface area contributed by atoms with Crippen LogP contribution >= 0.6 is 0 Å². The van der Waals surface area contributed by atoms with Gasteiger partial charge in [0.05, 0.1) is 30.8 Å². The molecular formula is C21H18F3N3O6S. The highest BCUT2D eigenvalue weighted by atomic mass is 32.2. The molecule has 0 saturated heterocycles. The van der Waals surface area contributed by atoms with Gasteiger partial charge in [0.25, 0.3) is 5.88 Å². The van der Waals surface area contributed by atoms with Gasteiger partial charge >= 0.3 is 21.6 Å². The number of alkyl halides is 3. The Balaban J connectivity index is 1.92. The number of benzene rings is 2. The second-order valence-corrected chi connectivity index (χ2v) is 8.82. The van der Waals surface area contributed by atoms with Crippen molar-refractivity contribution in [2.45, 2.75) is 18.3 Å². The Morgan fingerprint density at radius 3 is 2.50 bits per heavy atom. The summed E-state index contributed by atoms with van der Waals surface area (Å²) < 4.78 is 77.2. The number of carbonyl (C=O) groups excluding carboxylic acids is 1. The maximum atomic E-state index is 13.1. The molecule has 1 aromatic heterocycles. The summed E-state index contributed by atoms with van der Waals surface area (Å²) in [4.78, 5) is 21.8. The molecule has 0 radical (unpaired) electrons. The summed E-state index contributed by atoms with van der Waals surface area (Å²) in [6.45, 7) is 0.304. The number of nitrogens with zero attached hydrogens (tertiary/aromatic N) is 3. The molecule has 0 bridgehead atoms. The molecular weight excluding hydrogens is 479 g/mol. The first-order chi connectivity index (χ1) is 16.0. The monoisotopic (exact) mass is 497 g/mol. The lowest BCUT2D eigenvalue weighted by molar-refractivity contribution is -0.0501.